The van der Waals surface area contributed by atoms with Crippen molar-refractivity contribution in [1.29, 1.82) is 0 Å². The molecule has 1 aromatic carbocycles. The fourth-order valence-corrected chi connectivity index (χ4v) is 4.56. The van der Waals surface area contributed by atoms with E-state index in [1.807, 2.05) is 24.1 Å². The minimum Gasteiger partial charge on any atom is -0.299 e. The summed E-state index contributed by atoms with van der Waals surface area (Å²) >= 11 is 0. The minimum absolute atomic E-state index is 0.519. The van der Waals surface area contributed by atoms with Crippen molar-refractivity contribution in [2.24, 2.45) is 7.05 Å². The number of piperidine rings is 1. The molecule has 0 unspecified atom stereocenters. The van der Waals surface area contributed by atoms with Gasteiger partial charge in [0, 0.05) is 54.2 Å². The minimum atomic E-state index is 0.519. The number of likely N-dealkylation sites (tertiary alicyclic amines) is 1. The average Bonchev–Trinajstić information content (AvgIpc) is 3.21. The highest BCUT2D eigenvalue weighted by Crippen LogP contribution is 2.31. The van der Waals surface area contributed by atoms with Crippen LogP contribution in [0, 0.1) is 6.92 Å². The first kappa shape index (κ1) is 18.9. The van der Waals surface area contributed by atoms with Crippen LogP contribution in [0.5, 0.6) is 0 Å². The Labute approximate surface area is 177 Å². The molecule has 30 heavy (non-hydrogen) atoms. The van der Waals surface area contributed by atoms with Gasteiger partial charge in [-0.25, -0.2) is 0 Å². The number of fused-ring (bicyclic) bond motifs is 1. The molecule has 1 fully saturated rings. The number of nitrogens with zero attached hydrogens (tertiary/aromatic N) is 5. The van der Waals surface area contributed by atoms with Crippen LogP contribution in [-0.4, -0.2) is 37.7 Å². The van der Waals surface area contributed by atoms with E-state index in [2.05, 4.69) is 70.6 Å². The van der Waals surface area contributed by atoms with Gasteiger partial charge >= 0.3 is 0 Å². The SMILES string of the molecule is Cc1cc(-c2cnn(C)c2)cc(C2CCN(Cc3ccnc4ccccc34)CC2)n1. The summed E-state index contributed by atoms with van der Waals surface area (Å²) in [5.74, 6) is 0.519. The first-order valence-corrected chi connectivity index (χ1v) is 10.7. The number of hydrogen-bond acceptors (Lipinski definition) is 4. The molecule has 5 heteroatoms. The van der Waals surface area contributed by atoms with Crippen LogP contribution in [0.2, 0.25) is 0 Å². The van der Waals surface area contributed by atoms with Crippen molar-refractivity contribution in [2.75, 3.05) is 13.1 Å². The lowest BCUT2D eigenvalue weighted by Crippen LogP contribution is -2.32. The van der Waals surface area contributed by atoms with Crippen LogP contribution in [0.4, 0.5) is 0 Å². The van der Waals surface area contributed by atoms with Crippen LogP contribution in [0.1, 0.15) is 35.7 Å². The third-order valence-electron chi connectivity index (χ3n) is 6.15. The standard InChI is InChI=1S/C25H27N5/c1-18-13-21(22-15-27-29(2)16-22)14-25(28-18)19-8-11-30(12-9-19)17-20-7-10-26-24-6-4-3-5-23(20)24/h3-7,10,13-16,19H,8-9,11-12,17H2,1-2H3. The van der Waals surface area contributed by atoms with E-state index in [0.717, 1.165) is 49.2 Å². The van der Waals surface area contributed by atoms with E-state index in [1.165, 1.54) is 22.2 Å². The summed E-state index contributed by atoms with van der Waals surface area (Å²) in [6.45, 7) is 5.27. The Morgan fingerprint density at radius 2 is 1.87 bits per heavy atom. The van der Waals surface area contributed by atoms with Gasteiger partial charge in [-0.2, -0.15) is 5.10 Å². The summed E-state index contributed by atoms with van der Waals surface area (Å²) in [6.07, 6.45) is 8.22. The van der Waals surface area contributed by atoms with Crippen molar-refractivity contribution in [3.63, 3.8) is 0 Å². The Hall–Kier alpha value is -3.05. The third-order valence-corrected chi connectivity index (χ3v) is 6.15. The molecule has 4 aromatic rings. The molecule has 0 N–H and O–H groups in total. The second-order valence-corrected chi connectivity index (χ2v) is 8.36. The quantitative estimate of drug-likeness (QED) is 0.500. The van der Waals surface area contributed by atoms with Crippen molar-refractivity contribution >= 4 is 10.9 Å². The summed E-state index contributed by atoms with van der Waals surface area (Å²) in [5.41, 5.74) is 7.13. The summed E-state index contributed by atoms with van der Waals surface area (Å²) < 4.78 is 1.85. The van der Waals surface area contributed by atoms with Crippen LogP contribution in [0.25, 0.3) is 22.0 Å². The molecular formula is C25H27N5. The van der Waals surface area contributed by atoms with Crippen LogP contribution in [-0.2, 0) is 13.6 Å². The molecule has 1 aliphatic heterocycles. The normalized spacial score (nSPS) is 15.7. The van der Waals surface area contributed by atoms with Crippen LogP contribution in [0.3, 0.4) is 0 Å². The van der Waals surface area contributed by atoms with E-state index in [-0.39, 0.29) is 0 Å². The number of para-hydroxylation sites is 1. The zero-order valence-electron chi connectivity index (χ0n) is 17.6. The molecule has 0 saturated carbocycles. The Morgan fingerprint density at radius 1 is 1.03 bits per heavy atom. The number of rotatable bonds is 4. The number of pyridine rings is 2. The van der Waals surface area contributed by atoms with Crippen molar-refractivity contribution in [3.8, 4) is 11.1 Å². The van der Waals surface area contributed by atoms with Crippen molar-refractivity contribution < 1.29 is 0 Å². The predicted octanol–water partition coefficient (Wildman–Crippen LogP) is 4.72. The summed E-state index contributed by atoms with van der Waals surface area (Å²) in [4.78, 5) is 11.9. The van der Waals surface area contributed by atoms with Crippen molar-refractivity contribution in [3.05, 3.63) is 78.0 Å². The van der Waals surface area contributed by atoms with Gasteiger partial charge in [0.25, 0.3) is 0 Å². The molecule has 1 aliphatic rings. The van der Waals surface area contributed by atoms with Gasteiger partial charge in [-0.3, -0.25) is 19.5 Å². The Balaban J connectivity index is 1.30. The van der Waals surface area contributed by atoms with Gasteiger partial charge in [0.2, 0.25) is 0 Å². The highest BCUT2D eigenvalue weighted by atomic mass is 15.2. The first-order valence-electron chi connectivity index (χ1n) is 10.7. The smallest absolute Gasteiger partial charge is 0.0705 e. The average molecular weight is 398 g/mol. The predicted molar refractivity (Wildman–Crippen MR) is 120 cm³/mol. The van der Waals surface area contributed by atoms with Gasteiger partial charge in [-0.15, -0.1) is 0 Å². The first-order chi connectivity index (χ1) is 14.7. The molecule has 0 radical (unpaired) electrons. The molecule has 0 amide bonds. The molecule has 1 saturated heterocycles. The third kappa shape index (κ3) is 3.85. The highest BCUT2D eigenvalue weighted by Gasteiger charge is 2.23. The van der Waals surface area contributed by atoms with Gasteiger partial charge in [0.15, 0.2) is 0 Å². The Bertz CT molecular complexity index is 1170. The Morgan fingerprint density at radius 3 is 2.67 bits per heavy atom. The zero-order valence-corrected chi connectivity index (χ0v) is 17.6. The molecule has 5 nitrogen and oxygen atoms in total. The van der Waals surface area contributed by atoms with E-state index in [1.54, 1.807) is 0 Å². The van der Waals surface area contributed by atoms with Gasteiger partial charge in [0.1, 0.15) is 0 Å². The molecule has 0 aliphatic carbocycles. The second-order valence-electron chi connectivity index (χ2n) is 8.36. The molecule has 4 heterocycles. The molecule has 0 spiro atoms. The van der Waals surface area contributed by atoms with E-state index < -0.39 is 0 Å². The maximum atomic E-state index is 4.89. The fraction of sp³-hybridized carbons (Fsp3) is 0.320. The van der Waals surface area contributed by atoms with E-state index >= 15 is 0 Å². The second kappa shape index (κ2) is 8.00. The van der Waals surface area contributed by atoms with Crippen molar-refractivity contribution in [1.82, 2.24) is 24.6 Å². The summed E-state index contributed by atoms with van der Waals surface area (Å²) in [5, 5.41) is 5.59. The summed E-state index contributed by atoms with van der Waals surface area (Å²) in [6, 6.07) is 15.0. The van der Waals surface area contributed by atoms with E-state index in [4.69, 9.17) is 4.98 Å². The maximum absolute atomic E-state index is 4.89. The molecule has 5 rings (SSSR count). The number of aryl methyl sites for hydroxylation is 2. The van der Waals surface area contributed by atoms with Gasteiger partial charge in [-0.05, 0) is 68.2 Å². The Kier molecular flexibility index (Phi) is 5.05. The number of benzene rings is 1. The van der Waals surface area contributed by atoms with Gasteiger partial charge in [-0.1, -0.05) is 18.2 Å². The largest absolute Gasteiger partial charge is 0.299 e. The fourth-order valence-electron chi connectivity index (χ4n) is 4.56. The molecule has 3 aromatic heterocycles. The van der Waals surface area contributed by atoms with Gasteiger partial charge in [0.05, 0.1) is 11.7 Å². The summed E-state index contributed by atoms with van der Waals surface area (Å²) in [7, 11) is 1.96. The lowest BCUT2D eigenvalue weighted by atomic mass is 9.91. The lowest BCUT2D eigenvalue weighted by Gasteiger charge is -2.32. The lowest BCUT2D eigenvalue weighted by molar-refractivity contribution is 0.204. The topological polar surface area (TPSA) is 46.8 Å². The molecule has 0 atom stereocenters. The van der Waals surface area contributed by atoms with E-state index in [9.17, 15) is 0 Å². The molecular weight excluding hydrogens is 370 g/mol. The maximum Gasteiger partial charge on any atom is 0.0705 e. The van der Waals surface area contributed by atoms with Crippen LogP contribution in [0.15, 0.2) is 61.1 Å². The zero-order chi connectivity index (χ0) is 20.5. The molecule has 0 bridgehead atoms. The monoisotopic (exact) mass is 397 g/mol. The number of hydrogen-bond donors (Lipinski definition) is 0. The van der Waals surface area contributed by atoms with Crippen molar-refractivity contribution in [2.45, 2.75) is 32.2 Å². The highest BCUT2D eigenvalue weighted by molar-refractivity contribution is 5.81. The van der Waals surface area contributed by atoms with Crippen LogP contribution >= 0.6 is 0 Å². The van der Waals surface area contributed by atoms with Crippen LogP contribution < -0.4 is 0 Å². The molecule has 152 valence electrons. The number of aromatic nitrogens is 4. The van der Waals surface area contributed by atoms with Gasteiger partial charge < -0.3 is 0 Å². The van der Waals surface area contributed by atoms with E-state index in [0.29, 0.717) is 5.92 Å².